The molecule has 0 aliphatic carbocycles. The molecule has 7 heteroatoms. The van der Waals surface area contributed by atoms with Crippen LogP contribution in [0.2, 0.25) is 0 Å². The van der Waals surface area contributed by atoms with Crippen LogP contribution in [0.3, 0.4) is 0 Å². The van der Waals surface area contributed by atoms with Gasteiger partial charge in [-0.05, 0) is 38.2 Å². The highest BCUT2D eigenvalue weighted by Crippen LogP contribution is 2.32. The fourth-order valence-corrected chi connectivity index (χ4v) is 3.94. The second-order valence-corrected chi connectivity index (χ2v) is 7.63. The number of likely N-dealkylation sites (N-methyl/N-ethyl adjacent to an activating group) is 1. The summed E-state index contributed by atoms with van der Waals surface area (Å²) in [5.41, 5.74) is 1.70. The van der Waals surface area contributed by atoms with Crippen LogP contribution >= 0.6 is 11.3 Å². The van der Waals surface area contributed by atoms with E-state index in [2.05, 4.69) is 16.4 Å². The molecular weight excluding hydrogens is 362 g/mol. The maximum absolute atomic E-state index is 12.6. The van der Waals surface area contributed by atoms with E-state index in [4.69, 9.17) is 9.47 Å². The number of nitrogens with zero attached hydrogens (tertiary/aromatic N) is 2. The Balaban J connectivity index is 1.40. The molecular formula is C20H21N3O3S. The zero-order valence-electron chi connectivity index (χ0n) is 15.3. The van der Waals surface area contributed by atoms with E-state index in [1.807, 2.05) is 49.2 Å². The van der Waals surface area contributed by atoms with Crippen molar-refractivity contribution in [1.82, 2.24) is 9.88 Å². The van der Waals surface area contributed by atoms with Gasteiger partial charge in [-0.25, -0.2) is 4.98 Å². The number of para-hydroxylation sites is 1. The molecule has 1 aliphatic rings. The number of carbonyl (C=O) groups excluding carboxylic acids is 1. The first-order valence-corrected chi connectivity index (χ1v) is 9.67. The lowest BCUT2D eigenvalue weighted by Crippen LogP contribution is -2.39. The van der Waals surface area contributed by atoms with Crippen molar-refractivity contribution in [2.24, 2.45) is 0 Å². The molecule has 0 fully saturated rings. The molecule has 2 aromatic carbocycles. The average Bonchev–Trinajstić information content (AvgIpc) is 3.09. The zero-order valence-corrected chi connectivity index (χ0v) is 16.1. The van der Waals surface area contributed by atoms with Crippen molar-refractivity contribution in [3.05, 3.63) is 47.5 Å². The van der Waals surface area contributed by atoms with Gasteiger partial charge in [0.05, 0.1) is 22.8 Å². The Morgan fingerprint density at radius 2 is 2.00 bits per heavy atom. The van der Waals surface area contributed by atoms with Gasteiger partial charge in [0.15, 0.2) is 11.5 Å². The van der Waals surface area contributed by atoms with Crippen LogP contribution in [-0.2, 0) is 11.3 Å². The summed E-state index contributed by atoms with van der Waals surface area (Å²) in [6.45, 7) is 3.58. The van der Waals surface area contributed by atoms with E-state index in [0.717, 1.165) is 15.2 Å². The predicted octanol–water partition coefficient (Wildman–Crippen LogP) is 3.53. The lowest BCUT2D eigenvalue weighted by atomic mass is 10.2. The van der Waals surface area contributed by atoms with E-state index in [1.54, 1.807) is 17.4 Å². The maximum atomic E-state index is 12.6. The molecule has 0 radical (unpaired) electrons. The first-order chi connectivity index (χ1) is 13.1. The minimum atomic E-state index is -0.301. The summed E-state index contributed by atoms with van der Waals surface area (Å²) in [5.74, 6) is 1.30. The second-order valence-electron chi connectivity index (χ2n) is 6.51. The number of aromatic nitrogens is 1. The number of hydrogen-bond acceptors (Lipinski definition) is 6. The second kappa shape index (κ2) is 7.54. The molecule has 1 N–H and O–H groups in total. The van der Waals surface area contributed by atoms with Gasteiger partial charge in [0.25, 0.3) is 0 Å². The maximum Gasteiger partial charge on any atom is 0.241 e. The van der Waals surface area contributed by atoms with Crippen molar-refractivity contribution in [2.45, 2.75) is 19.5 Å². The lowest BCUT2D eigenvalue weighted by Gasteiger charge is -2.23. The Hall–Kier alpha value is -2.64. The fourth-order valence-electron chi connectivity index (χ4n) is 2.91. The van der Waals surface area contributed by atoms with Gasteiger partial charge >= 0.3 is 0 Å². The van der Waals surface area contributed by atoms with Crippen LogP contribution in [0.5, 0.6) is 11.5 Å². The largest absolute Gasteiger partial charge is 0.486 e. The Kier molecular flexibility index (Phi) is 4.96. The molecule has 0 saturated heterocycles. The molecule has 4 rings (SSSR count). The summed E-state index contributed by atoms with van der Waals surface area (Å²) in [7, 11) is 1.93. The normalized spacial score (nSPS) is 14.3. The number of ether oxygens (including phenoxy) is 2. The smallest absolute Gasteiger partial charge is 0.241 e. The number of fused-ring (bicyclic) bond motifs is 2. The number of benzene rings is 2. The predicted molar refractivity (Wildman–Crippen MR) is 107 cm³/mol. The minimum Gasteiger partial charge on any atom is -0.486 e. The van der Waals surface area contributed by atoms with Gasteiger partial charge in [-0.2, -0.15) is 0 Å². The fraction of sp³-hybridized carbons (Fsp3) is 0.300. The molecule has 0 bridgehead atoms. The molecule has 2 heterocycles. The lowest BCUT2D eigenvalue weighted by molar-refractivity contribution is -0.120. The van der Waals surface area contributed by atoms with E-state index in [1.165, 1.54) is 0 Å². The van der Waals surface area contributed by atoms with Gasteiger partial charge in [-0.3, -0.25) is 9.69 Å². The monoisotopic (exact) mass is 383 g/mol. The Morgan fingerprint density at radius 1 is 1.22 bits per heavy atom. The molecule has 1 unspecified atom stereocenters. The number of thiazole rings is 1. The Morgan fingerprint density at radius 3 is 2.81 bits per heavy atom. The summed E-state index contributed by atoms with van der Waals surface area (Å²) < 4.78 is 12.2. The van der Waals surface area contributed by atoms with Crippen LogP contribution in [0.4, 0.5) is 5.69 Å². The molecule has 6 nitrogen and oxygen atoms in total. The van der Waals surface area contributed by atoms with E-state index in [-0.39, 0.29) is 11.9 Å². The van der Waals surface area contributed by atoms with Crippen molar-refractivity contribution in [1.29, 1.82) is 0 Å². The third kappa shape index (κ3) is 3.89. The number of hydrogen-bond donors (Lipinski definition) is 1. The van der Waals surface area contributed by atoms with Gasteiger partial charge in [-0.1, -0.05) is 12.1 Å². The summed E-state index contributed by atoms with van der Waals surface area (Å²) in [4.78, 5) is 19.3. The Labute approximate surface area is 161 Å². The highest BCUT2D eigenvalue weighted by Gasteiger charge is 2.20. The first kappa shape index (κ1) is 17.8. The molecule has 3 aromatic rings. The van der Waals surface area contributed by atoms with Crippen LogP contribution in [0.15, 0.2) is 42.5 Å². The zero-order chi connectivity index (χ0) is 18.8. The highest BCUT2D eigenvalue weighted by molar-refractivity contribution is 7.18. The summed E-state index contributed by atoms with van der Waals surface area (Å²) in [6.07, 6.45) is 0. The quantitative estimate of drug-likeness (QED) is 0.730. The van der Waals surface area contributed by atoms with Crippen LogP contribution in [-0.4, -0.2) is 42.1 Å². The van der Waals surface area contributed by atoms with Crippen molar-refractivity contribution in [3.63, 3.8) is 0 Å². The number of rotatable bonds is 5. The van der Waals surface area contributed by atoms with Crippen molar-refractivity contribution < 1.29 is 14.3 Å². The Bertz CT molecular complexity index is 939. The van der Waals surface area contributed by atoms with E-state index >= 15 is 0 Å². The van der Waals surface area contributed by atoms with Crippen LogP contribution in [0.25, 0.3) is 10.2 Å². The van der Waals surface area contributed by atoms with Gasteiger partial charge in [0.1, 0.15) is 18.2 Å². The third-order valence-corrected chi connectivity index (χ3v) is 5.59. The van der Waals surface area contributed by atoms with Gasteiger partial charge < -0.3 is 14.8 Å². The highest BCUT2D eigenvalue weighted by atomic mass is 32.1. The first-order valence-electron chi connectivity index (χ1n) is 8.85. The molecule has 1 aromatic heterocycles. The summed E-state index contributed by atoms with van der Waals surface area (Å²) in [5, 5.41) is 3.95. The third-order valence-electron chi connectivity index (χ3n) is 4.57. The summed E-state index contributed by atoms with van der Waals surface area (Å²) in [6, 6.07) is 13.2. The van der Waals surface area contributed by atoms with Crippen molar-refractivity contribution in [2.75, 3.05) is 25.6 Å². The van der Waals surface area contributed by atoms with Gasteiger partial charge in [-0.15, -0.1) is 11.3 Å². The number of amides is 1. The van der Waals surface area contributed by atoms with Crippen molar-refractivity contribution in [3.8, 4) is 11.5 Å². The topological polar surface area (TPSA) is 63.7 Å². The van der Waals surface area contributed by atoms with E-state index in [9.17, 15) is 4.79 Å². The standard InChI is InChI=1S/C20H21N3O3S/c1-13(23(2)12-19-22-15-5-3-4-6-18(15)27-19)20(24)21-14-7-8-16-17(11-14)26-10-9-25-16/h3-8,11,13H,9-10,12H2,1-2H3,(H,21,24). The van der Waals surface area contributed by atoms with Gasteiger partial charge in [0.2, 0.25) is 5.91 Å². The minimum absolute atomic E-state index is 0.0738. The average molecular weight is 383 g/mol. The molecule has 140 valence electrons. The van der Waals surface area contributed by atoms with Crippen LogP contribution in [0.1, 0.15) is 11.9 Å². The molecule has 0 spiro atoms. The molecule has 0 saturated carbocycles. The van der Waals surface area contributed by atoms with Crippen molar-refractivity contribution >= 4 is 33.1 Å². The molecule has 1 aliphatic heterocycles. The molecule has 27 heavy (non-hydrogen) atoms. The van der Waals surface area contributed by atoms with Gasteiger partial charge in [0, 0.05) is 11.8 Å². The summed E-state index contributed by atoms with van der Waals surface area (Å²) >= 11 is 1.66. The van der Waals surface area contributed by atoms with Crippen LogP contribution in [0, 0.1) is 0 Å². The van der Waals surface area contributed by atoms with E-state index < -0.39 is 0 Å². The number of nitrogens with one attached hydrogen (secondary N) is 1. The SMILES string of the molecule is CC(C(=O)Nc1ccc2c(c1)OCCO2)N(C)Cc1nc2ccccc2s1. The molecule has 1 amide bonds. The van der Waals surface area contributed by atoms with Crippen LogP contribution < -0.4 is 14.8 Å². The number of anilines is 1. The number of carbonyl (C=O) groups is 1. The molecule has 1 atom stereocenters. The van der Waals surface area contributed by atoms with E-state index in [0.29, 0.717) is 36.9 Å².